The lowest BCUT2D eigenvalue weighted by Gasteiger charge is -2.20. The van der Waals surface area contributed by atoms with Crippen LogP contribution in [0.25, 0.3) is 0 Å². The van der Waals surface area contributed by atoms with Crippen LogP contribution < -0.4 is 15.5 Å². The van der Waals surface area contributed by atoms with Crippen LogP contribution in [0.5, 0.6) is 0 Å². The molecule has 0 amide bonds. The predicted molar refractivity (Wildman–Crippen MR) is 110 cm³/mol. The van der Waals surface area contributed by atoms with Gasteiger partial charge in [-0.2, -0.15) is 0 Å². The van der Waals surface area contributed by atoms with Crippen LogP contribution in [-0.2, 0) is 11.3 Å². The van der Waals surface area contributed by atoms with E-state index in [4.69, 9.17) is 16.3 Å². The summed E-state index contributed by atoms with van der Waals surface area (Å²) in [5.41, 5.74) is 1.08. The van der Waals surface area contributed by atoms with Gasteiger partial charge in [-0.05, 0) is 36.2 Å². The number of nitrogens with zero attached hydrogens (tertiary/aromatic N) is 3. The van der Waals surface area contributed by atoms with Gasteiger partial charge in [0.15, 0.2) is 17.6 Å². The van der Waals surface area contributed by atoms with Crippen LogP contribution >= 0.6 is 11.6 Å². The van der Waals surface area contributed by atoms with Crippen molar-refractivity contribution in [2.75, 3.05) is 38.2 Å². The van der Waals surface area contributed by atoms with Gasteiger partial charge in [0.1, 0.15) is 0 Å². The third kappa shape index (κ3) is 5.81. The minimum atomic E-state index is -0.288. The molecule has 1 atom stereocenters. The van der Waals surface area contributed by atoms with E-state index in [0.29, 0.717) is 38.1 Å². The number of nitrogens with one attached hydrogen (secondary N) is 2. The van der Waals surface area contributed by atoms with Crippen LogP contribution in [-0.4, -0.2) is 50.3 Å². The van der Waals surface area contributed by atoms with Gasteiger partial charge in [-0.3, -0.25) is 4.99 Å². The summed E-state index contributed by atoms with van der Waals surface area (Å²) in [6, 6.07) is 10.8. The molecule has 2 heterocycles. The highest BCUT2D eigenvalue weighted by atomic mass is 35.5. The number of hydrogen-bond donors (Lipinski definition) is 2. The molecule has 150 valence electrons. The zero-order valence-electron chi connectivity index (χ0n) is 15.9. The molecule has 1 saturated heterocycles. The van der Waals surface area contributed by atoms with Gasteiger partial charge in [-0.25, -0.2) is 9.37 Å². The van der Waals surface area contributed by atoms with Crippen LogP contribution in [0.3, 0.4) is 0 Å². The lowest BCUT2D eigenvalue weighted by molar-refractivity contribution is 0.125. The molecule has 1 aromatic heterocycles. The fraction of sp³-hybridized carbons (Fsp3) is 0.400. The van der Waals surface area contributed by atoms with E-state index in [1.165, 1.54) is 6.07 Å². The zero-order chi connectivity index (χ0) is 19.8. The molecule has 1 fully saturated rings. The van der Waals surface area contributed by atoms with E-state index in [0.717, 1.165) is 23.6 Å². The topological polar surface area (TPSA) is 61.8 Å². The number of aliphatic imine (C=N–C) groups is 1. The van der Waals surface area contributed by atoms with Crippen LogP contribution in [0.1, 0.15) is 12.0 Å². The molecule has 6 nitrogen and oxygen atoms in total. The van der Waals surface area contributed by atoms with Crippen LogP contribution in [0, 0.1) is 5.82 Å². The second-order valence-corrected chi connectivity index (χ2v) is 7.00. The average Bonchev–Trinajstić information content (AvgIpc) is 3.17. The predicted octanol–water partition coefficient (Wildman–Crippen LogP) is 2.83. The van der Waals surface area contributed by atoms with E-state index in [-0.39, 0.29) is 11.9 Å². The Balaban J connectivity index is 1.37. The van der Waals surface area contributed by atoms with Crippen LogP contribution in [0.15, 0.2) is 47.6 Å². The Morgan fingerprint density at radius 2 is 2.18 bits per heavy atom. The lowest BCUT2D eigenvalue weighted by Crippen LogP contribution is -2.45. The molecule has 3 rings (SSSR count). The normalized spacial score (nSPS) is 17.0. The fourth-order valence-corrected chi connectivity index (χ4v) is 3.21. The highest BCUT2D eigenvalue weighted by Gasteiger charge is 2.25. The van der Waals surface area contributed by atoms with Crippen molar-refractivity contribution in [3.05, 3.63) is 59.0 Å². The molecule has 0 saturated carbocycles. The summed E-state index contributed by atoms with van der Waals surface area (Å²) >= 11 is 5.87. The molecule has 1 aromatic carbocycles. The van der Waals surface area contributed by atoms with E-state index in [1.807, 2.05) is 29.2 Å². The Kier molecular flexibility index (Phi) is 7.45. The van der Waals surface area contributed by atoms with Crippen molar-refractivity contribution in [1.82, 2.24) is 15.6 Å². The summed E-state index contributed by atoms with van der Waals surface area (Å²) < 4.78 is 19.6. The highest BCUT2D eigenvalue weighted by molar-refractivity contribution is 6.30. The minimum absolute atomic E-state index is 0.183. The Hall–Kier alpha value is -2.38. The Morgan fingerprint density at radius 3 is 2.93 bits per heavy atom. The van der Waals surface area contributed by atoms with Gasteiger partial charge in [-0.15, -0.1) is 0 Å². The van der Waals surface area contributed by atoms with Crippen molar-refractivity contribution in [3.8, 4) is 0 Å². The largest absolute Gasteiger partial charge is 0.375 e. The summed E-state index contributed by atoms with van der Waals surface area (Å²) in [4.78, 5) is 10.3. The molecule has 2 aromatic rings. The van der Waals surface area contributed by atoms with E-state index in [9.17, 15) is 4.39 Å². The summed E-state index contributed by atoms with van der Waals surface area (Å²) in [7, 11) is 1.73. The first kappa shape index (κ1) is 20.4. The van der Waals surface area contributed by atoms with Crippen LogP contribution in [0.2, 0.25) is 5.02 Å². The molecule has 0 bridgehead atoms. The molecule has 28 heavy (non-hydrogen) atoms. The van der Waals surface area contributed by atoms with Gasteiger partial charge in [0.05, 0.1) is 13.2 Å². The maximum atomic E-state index is 13.9. The molecule has 0 spiro atoms. The van der Waals surface area contributed by atoms with Gasteiger partial charge in [0.25, 0.3) is 0 Å². The van der Waals surface area contributed by atoms with Gasteiger partial charge in [-0.1, -0.05) is 23.7 Å². The van der Waals surface area contributed by atoms with Crippen molar-refractivity contribution < 1.29 is 9.13 Å². The second-order valence-electron chi connectivity index (χ2n) is 6.56. The lowest BCUT2D eigenvalue weighted by atomic mass is 10.2. The van der Waals surface area contributed by atoms with E-state index in [2.05, 4.69) is 20.6 Å². The van der Waals surface area contributed by atoms with E-state index < -0.39 is 0 Å². The molecule has 8 heteroatoms. The number of rotatable bonds is 7. The summed E-state index contributed by atoms with van der Waals surface area (Å²) in [6.45, 7) is 3.17. The third-order valence-corrected chi connectivity index (χ3v) is 4.76. The van der Waals surface area contributed by atoms with E-state index >= 15 is 0 Å². The monoisotopic (exact) mass is 405 g/mol. The Labute approximate surface area is 169 Å². The first-order valence-corrected chi connectivity index (χ1v) is 9.68. The Bertz CT molecular complexity index is 786. The minimum Gasteiger partial charge on any atom is -0.375 e. The number of anilines is 1. The van der Waals surface area contributed by atoms with Crippen molar-refractivity contribution >= 4 is 23.4 Å². The summed E-state index contributed by atoms with van der Waals surface area (Å²) in [5.74, 6) is 0.831. The molecule has 0 aliphatic carbocycles. The summed E-state index contributed by atoms with van der Waals surface area (Å²) in [6.07, 6.45) is 2.51. The molecular weight excluding hydrogens is 381 g/mol. The smallest absolute Gasteiger partial charge is 0.191 e. The number of pyridine rings is 1. The molecule has 0 radical (unpaired) electrons. The number of aromatic nitrogens is 1. The first-order chi connectivity index (χ1) is 13.7. The molecule has 2 N–H and O–H groups in total. The van der Waals surface area contributed by atoms with Crippen molar-refractivity contribution in [1.29, 1.82) is 0 Å². The van der Waals surface area contributed by atoms with Gasteiger partial charge in [0.2, 0.25) is 0 Å². The van der Waals surface area contributed by atoms with Crippen LogP contribution in [0.4, 0.5) is 10.2 Å². The van der Waals surface area contributed by atoms with Gasteiger partial charge in [0, 0.05) is 43.9 Å². The second kappa shape index (κ2) is 10.2. The average molecular weight is 406 g/mol. The standard InChI is InChI=1S/C20H25ClFN5O/c1-23-20(25-10-12-28-14-15-4-6-16(21)7-5-15)26-17-8-11-27(13-17)19-18(22)3-2-9-24-19/h2-7,9,17H,8,10-14H2,1H3,(H2,23,25,26). The Morgan fingerprint density at radius 1 is 1.36 bits per heavy atom. The maximum absolute atomic E-state index is 13.9. The first-order valence-electron chi connectivity index (χ1n) is 9.30. The number of halogens is 2. The number of hydrogen-bond acceptors (Lipinski definition) is 4. The van der Waals surface area contributed by atoms with E-state index in [1.54, 1.807) is 19.3 Å². The third-order valence-electron chi connectivity index (χ3n) is 4.51. The van der Waals surface area contributed by atoms with Crippen molar-refractivity contribution in [2.24, 2.45) is 4.99 Å². The molecular formula is C20H25ClFN5O. The van der Waals surface area contributed by atoms with Gasteiger partial charge < -0.3 is 20.3 Å². The molecule has 1 aliphatic rings. The molecule has 1 unspecified atom stereocenters. The zero-order valence-corrected chi connectivity index (χ0v) is 16.6. The fourth-order valence-electron chi connectivity index (χ4n) is 3.08. The van der Waals surface area contributed by atoms with Crippen molar-refractivity contribution in [2.45, 2.75) is 19.1 Å². The quantitative estimate of drug-likeness (QED) is 0.421. The highest BCUT2D eigenvalue weighted by Crippen LogP contribution is 2.20. The summed E-state index contributed by atoms with van der Waals surface area (Å²) in [5, 5.41) is 7.34. The van der Waals surface area contributed by atoms with Crippen molar-refractivity contribution in [3.63, 3.8) is 0 Å². The van der Waals surface area contributed by atoms with Gasteiger partial charge >= 0.3 is 0 Å². The molecule has 1 aliphatic heterocycles. The number of ether oxygens (including phenoxy) is 1. The maximum Gasteiger partial charge on any atom is 0.191 e. The number of benzene rings is 1. The SMILES string of the molecule is CN=C(NCCOCc1ccc(Cl)cc1)NC1CCN(c2ncccc2F)C1. The number of guanidine groups is 1.